The Labute approximate surface area is 165 Å². The minimum Gasteiger partial charge on any atom is -0.324 e. The third kappa shape index (κ3) is 3.36. The fourth-order valence-corrected chi connectivity index (χ4v) is 3.17. The maximum absolute atomic E-state index is 14.2. The zero-order chi connectivity index (χ0) is 20.6. The van der Waals surface area contributed by atoms with Gasteiger partial charge in [0.2, 0.25) is 0 Å². The minimum absolute atomic E-state index is 0.0553. The normalized spacial score (nSPS) is 18.3. The van der Waals surface area contributed by atoms with Crippen molar-refractivity contribution in [3.05, 3.63) is 83.9 Å². The average molecular weight is 392 g/mol. The number of urea groups is 1. The van der Waals surface area contributed by atoms with Crippen LogP contribution >= 0.6 is 0 Å². The highest BCUT2D eigenvalue weighted by atomic mass is 19.1. The van der Waals surface area contributed by atoms with E-state index in [1.807, 2.05) is 24.5 Å². The number of imide groups is 1. The second-order valence-corrected chi connectivity index (χ2v) is 6.82. The van der Waals surface area contributed by atoms with Crippen molar-refractivity contribution in [1.29, 1.82) is 0 Å². The van der Waals surface area contributed by atoms with E-state index in [1.165, 1.54) is 18.2 Å². The summed E-state index contributed by atoms with van der Waals surface area (Å²) in [4.78, 5) is 36.0. The summed E-state index contributed by atoms with van der Waals surface area (Å²) in [6.07, 6.45) is 3.63. The fourth-order valence-electron chi connectivity index (χ4n) is 3.17. The molecule has 4 rings (SSSR count). The molecular weight excluding hydrogens is 375 g/mol. The Hall–Kier alpha value is -3.94. The first kappa shape index (κ1) is 18.4. The van der Waals surface area contributed by atoms with Crippen molar-refractivity contribution in [2.24, 2.45) is 0 Å². The van der Waals surface area contributed by atoms with Gasteiger partial charge >= 0.3 is 6.03 Å². The van der Waals surface area contributed by atoms with Crippen LogP contribution in [0.2, 0.25) is 0 Å². The maximum Gasteiger partial charge on any atom is 0.322 e. The van der Waals surface area contributed by atoms with Gasteiger partial charge in [0.15, 0.2) is 0 Å². The van der Waals surface area contributed by atoms with E-state index in [9.17, 15) is 18.8 Å². The lowest BCUT2D eigenvalue weighted by atomic mass is 9.91. The maximum atomic E-state index is 14.2. The zero-order valence-electron chi connectivity index (χ0n) is 15.4. The SMILES string of the molecule is CC1(c2ccc(C(=O)Nc3cc(-n4cccc4)ccc3F)cc2)NC(=O)NC1=O. The lowest BCUT2D eigenvalue weighted by Gasteiger charge is -2.21. The van der Waals surface area contributed by atoms with Crippen molar-refractivity contribution in [1.82, 2.24) is 15.2 Å². The van der Waals surface area contributed by atoms with Crippen LogP contribution in [0.3, 0.4) is 0 Å². The number of benzene rings is 2. The van der Waals surface area contributed by atoms with Crippen LogP contribution in [0.15, 0.2) is 67.0 Å². The number of anilines is 1. The summed E-state index contributed by atoms with van der Waals surface area (Å²) in [5.74, 6) is -1.52. The topological polar surface area (TPSA) is 92.2 Å². The van der Waals surface area contributed by atoms with Gasteiger partial charge in [-0.25, -0.2) is 9.18 Å². The first-order chi connectivity index (χ1) is 13.9. The van der Waals surface area contributed by atoms with Crippen molar-refractivity contribution in [2.75, 3.05) is 5.32 Å². The van der Waals surface area contributed by atoms with E-state index >= 15 is 0 Å². The molecule has 146 valence electrons. The van der Waals surface area contributed by atoms with E-state index in [1.54, 1.807) is 35.8 Å². The summed E-state index contributed by atoms with van der Waals surface area (Å²) in [5.41, 5.74) is 0.368. The lowest BCUT2D eigenvalue weighted by Crippen LogP contribution is -2.40. The molecule has 0 spiro atoms. The molecule has 8 heteroatoms. The molecule has 2 heterocycles. The number of hydrogen-bond acceptors (Lipinski definition) is 3. The standard InChI is InChI=1S/C21H17FN4O3/c1-21(19(28)24-20(29)25-21)14-6-4-13(5-7-14)18(27)23-17-12-15(8-9-16(17)22)26-10-2-3-11-26/h2-12H,1H3,(H,23,27)(H2,24,25,28,29). The van der Waals surface area contributed by atoms with E-state index in [-0.39, 0.29) is 11.3 Å². The molecule has 0 aliphatic carbocycles. The molecule has 3 N–H and O–H groups in total. The number of nitrogens with one attached hydrogen (secondary N) is 3. The number of aromatic nitrogens is 1. The summed E-state index contributed by atoms with van der Waals surface area (Å²) in [6.45, 7) is 1.57. The number of carbonyl (C=O) groups is 3. The largest absolute Gasteiger partial charge is 0.324 e. The van der Waals surface area contributed by atoms with Crippen LogP contribution in [0.5, 0.6) is 0 Å². The Kier molecular flexibility index (Phi) is 4.38. The number of rotatable bonds is 4. The predicted molar refractivity (Wildman–Crippen MR) is 104 cm³/mol. The van der Waals surface area contributed by atoms with Gasteiger partial charge in [0.1, 0.15) is 11.4 Å². The molecule has 4 amide bonds. The van der Waals surface area contributed by atoms with Gasteiger partial charge in [0.25, 0.3) is 11.8 Å². The Morgan fingerprint density at radius 2 is 1.76 bits per heavy atom. The summed E-state index contributed by atoms with van der Waals surface area (Å²) in [7, 11) is 0. The fraction of sp³-hybridized carbons (Fsp3) is 0.0952. The molecule has 0 radical (unpaired) electrons. The smallest absolute Gasteiger partial charge is 0.322 e. The lowest BCUT2D eigenvalue weighted by molar-refractivity contribution is -0.123. The summed E-state index contributed by atoms with van der Waals surface area (Å²) >= 11 is 0. The Morgan fingerprint density at radius 3 is 2.38 bits per heavy atom. The third-order valence-corrected chi connectivity index (χ3v) is 4.87. The van der Waals surface area contributed by atoms with Crippen molar-refractivity contribution in [2.45, 2.75) is 12.5 Å². The van der Waals surface area contributed by atoms with Crippen molar-refractivity contribution < 1.29 is 18.8 Å². The monoisotopic (exact) mass is 392 g/mol. The molecule has 1 fully saturated rings. The van der Waals surface area contributed by atoms with Gasteiger partial charge in [-0.2, -0.15) is 0 Å². The second kappa shape index (κ2) is 6.90. The molecule has 2 aromatic carbocycles. The van der Waals surface area contributed by atoms with Crippen LogP contribution in [0, 0.1) is 5.82 Å². The highest BCUT2D eigenvalue weighted by molar-refractivity contribution is 6.07. The molecule has 1 unspecified atom stereocenters. The minimum atomic E-state index is -1.21. The van der Waals surface area contributed by atoms with E-state index in [4.69, 9.17) is 0 Å². The Balaban J connectivity index is 1.55. The summed E-state index contributed by atoms with van der Waals surface area (Å²) in [5, 5.41) is 7.31. The van der Waals surface area contributed by atoms with Crippen LogP contribution in [-0.2, 0) is 10.3 Å². The third-order valence-electron chi connectivity index (χ3n) is 4.87. The highest BCUT2D eigenvalue weighted by Gasteiger charge is 2.43. The van der Waals surface area contributed by atoms with Crippen LogP contribution in [0.4, 0.5) is 14.9 Å². The van der Waals surface area contributed by atoms with Crippen LogP contribution in [-0.4, -0.2) is 22.4 Å². The van der Waals surface area contributed by atoms with Crippen molar-refractivity contribution >= 4 is 23.5 Å². The first-order valence-corrected chi connectivity index (χ1v) is 8.85. The molecule has 7 nitrogen and oxygen atoms in total. The molecule has 3 aromatic rings. The van der Waals surface area contributed by atoms with E-state index < -0.39 is 29.2 Å². The summed E-state index contributed by atoms with van der Waals surface area (Å²) in [6, 6.07) is 13.7. The number of hydrogen-bond donors (Lipinski definition) is 3. The second-order valence-electron chi connectivity index (χ2n) is 6.82. The molecule has 1 aliphatic rings. The van der Waals surface area contributed by atoms with Gasteiger partial charge in [0, 0.05) is 23.6 Å². The highest BCUT2D eigenvalue weighted by Crippen LogP contribution is 2.25. The molecule has 0 bridgehead atoms. The molecule has 1 aliphatic heterocycles. The van der Waals surface area contributed by atoms with Gasteiger partial charge in [-0.15, -0.1) is 0 Å². The first-order valence-electron chi connectivity index (χ1n) is 8.85. The molecule has 0 saturated carbocycles. The van der Waals surface area contributed by atoms with E-state index in [2.05, 4.69) is 16.0 Å². The van der Waals surface area contributed by atoms with Crippen molar-refractivity contribution in [3.63, 3.8) is 0 Å². The molecule has 1 aromatic heterocycles. The van der Waals surface area contributed by atoms with Gasteiger partial charge in [-0.3, -0.25) is 14.9 Å². The van der Waals surface area contributed by atoms with Crippen LogP contribution in [0.1, 0.15) is 22.8 Å². The summed E-state index contributed by atoms with van der Waals surface area (Å²) < 4.78 is 16.0. The Morgan fingerprint density at radius 1 is 1.07 bits per heavy atom. The number of amides is 4. The molecule has 29 heavy (non-hydrogen) atoms. The number of nitrogens with zero attached hydrogens (tertiary/aromatic N) is 1. The average Bonchev–Trinajstić information content (AvgIpc) is 3.32. The van der Waals surface area contributed by atoms with Crippen LogP contribution < -0.4 is 16.0 Å². The van der Waals surface area contributed by atoms with Crippen LogP contribution in [0.25, 0.3) is 5.69 Å². The van der Waals surface area contributed by atoms with Gasteiger partial charge in [0.05, 0.1) is 5.69 Å². The van der Waals surface area contributed by atoms with E-state index in [0.29, 0.717) is 11.3 Å². The number of carbonyl (C=O) groups excluding carboxylic acids is 3. The van der Waals surface area contributed by atoms with Gasteiger partial charge in [-0.1, -0.05) is 12.1 Å². The zero-order valence-corrected chi connectivity index (χ0v) is 15.4. The van der Waals surface area contributed by atoms with Crippen molar-refractivity contribution in [3.8, 4) is 5.69 Å². The molecule has 1 saturated heterocycles. The van der Waals surface area contributed by atoms with E-state index in [0.717, 1.165) is 0 Å². The van der Waals surface area contributed by atoms with Gasteiger partial charge < -0.3 is 15.2 Å². The van der Waals surface area contributed by atoms with Gasteiger partial charge in [-0.05, 0) is 55.0 Å². The quantitative estimate of drug-likeness (QED) is 0.596. The predicted octanol–water partition coefficient (Wildman–Crippen LogP) is 2.92. The number of halogens is 1. The Bertz CT molecular complexity index is 1110. The molecular formula is C21H17FN4O3. The molecule has 1 atom stereocenters.